The van der Waals surface area contributed by atoms with Gasteiger partial charge in [-0.3, -0.25) is 9.59 Å². The van der Waals surface area contributed by atoms with Gasteiger partial charge in [0.05, 0.1) is 6.04 Å². The average Bonchev–Trinajstić information content (AvgIpc) is 3.32. The smallest absolute Gasteiger partial charge is 0.240 e. The first kappa shape index (κ1) is 18.7. The van der Waals surface area contributed by atoms with Crippen LogP contribution in [0.25, 0.3) is 0 Å². The van der Waals surface area contributed by atoms with Crippen molar-refractivity contribution in [3.05, 3.63) is 34.4 Å². The summed E-state index contributed by atoms with van der Waals surface area (Å²) >= 11 is 0. The van der Waals surface area contributed by atoms with Gasteiger partial charge in [-0.2, -0.15) is 0 Å². The van der Waals surface area contributed by atoms with E-state index in [1.807, 2.05) is 4.90 Å². The van der Waals surface area contributed by atoms with Gasteiger partial charge in [0.25, 0.3) is 0 Å². The van der Waals surface area contributed by atoms with Gasteiger partial charge in [0.2, 0.25) is 5.91 Å². The Morgan fingerprint density at radius 1 is 1.15 bits per heavy atom. The van der Waals surface area contributed by atoms with Crippen molar-refractivity contribution in [3.63, 3.8) is 0 Å². The number of rotatable bonds is 4. The molecule has 2 unspecified atom stereocenters. The Morgan fingerprint density at radius 2 is 1.93 bits per heavy atom. The van der Waals surface area contributed by atoms with E-state index in [1.165, 1.54) is 22.3 Å². The maximum absolute atomic E-state index is 13.1. The van der Waals surface area contributed by atoms with Crippen LogP contribution in [-0.4, -0.2) is 42.3 Å². The maximum Gasteiger partial charge on any atom is 0.240 e. The number of nitrogens with one attached hydrogen (secondary N) is 1. The van der Waals surface area contributed by atoms with Crippen LogP contribution in [0.5, 0.6) is 0 Å². The van der Waals surface area contributed by atoms with E-state index in [1.54, 1.807) is 0 Å². The fourth-order valence-electron chi connectivity index (χ4n) is 5.44. The fraction of sp³-hybridized carbons (Fsp3) is 0.652. The zero-order valence-corrected chi connectivity index (χ0v) is 16.7. The number of likely N-dealkylation sites (tertiary alicyclic amines) is 1. The molecule has 4 heteroatoms. The van der Waals surface area contributed by atoms with Crippen LogP contribution in [0.4, 0.5) is 0 Å². The molecule has 4 rings (SSSR count). The van der Waals surface area contributed by atoms with Crippen molar-refractivity contribution in [2.24, 2.45) is 11.8 Å². The highest BCUT2D eigenvalue weighted by Gasteiger charge is 2.40. The van der Waals surface area contributed by atoms with E-state index < -0.39 is 0 Å². The second kappa shape index (κ2) is 7.75. The summed E-state index contributed by atoms with van der Waals surface area (Å²) in [5, 5.41) is 3.32. The van der Waals surface area contributed by atoms with Crippen LogP contribution in [0.2, 0.25) is 0 Å². The number of benzene rings is 1. The summed E-state index contributed by atoms with van der Waals surface area (Å²) in [7, 11) is 0. The van der Waals surface area contributed by atoms with Gasteiger partial charge in [0, 0.05) is 25.4 Å². The van der Waals surface area contributed by atoms with Crippen molar-refractivity contribution >= 4 is 11.7 Å². The Hall–Kier alpha value is -1.68. The zero-order valence-electron chi connectivity index (χ0n) is 16.7. The molecule has 2 aliphatic heterocycles. The number of Topliss-reactive ketones (excluding diaryl/α,β-unsaturated/α-hetero) is 1. The van der Waals surface area contributed by atoms with E-state index in [4.69, 9.17) is 0 Å². The van der Waals surface area contributed by atoms with Crippen molar-refractivity contribution < 1.29 is 9.59 Å². The third-order valence-corrected chi connectivity index (χ3v) is 6.83. The lowest BCUT2D eigenvalue weighted by Crippen LogP contribution is -2.47. The van der Waals surface area contributed by atoms with E-state index in [0.717, 1.165) is 58.2 Å². The summed E-state index contributed by atoms with van der Waals surface area (Å²) in [6.07, 6.45) is 6.81. The van der Waals surface area contributed by atoms with Gasteiger partial charge < -0.3 is 10.2 Å². The molecule has 3 atom stereocenters. The lowest BCUT2D eigenvalue weighted by molar-refractivity contribution is -0.136. The van der Waals surface area contributed by atoms with Gasteiger partial charge in [-0.15, -0.1) is 0 Å². The molecule has 0 radical (unpaired) electrons. The quantitative estimate of drug-likeness (QED) is 0.889. The molecule has 0 bridgehead atoms. The molecule has 146 valence electrons. The normalized spacial score (nSPS) is 27.6. The molecule has 4 nitrogen and oxygen atoms in total. The third kappa shape index (κ3) is 3.82. The number of fused-ring (bicyclic) bond motifs is 1. The number of hydrogen-bond acceptors (Lipinski definition) is 3. The van der Waals surface area contributed by atoms with E-state index in [-0.39, 0.29) is 17.9 Å². The van der Waals surface area contributed by atoms with Crippen LogP contribution in [0.15, 0.2) is 12.1 Å². The number of carbonyl (C=O) groups is 2. The summed E-state index contributed by atoms with van der Waals surface area (Å²) < 4.78 is 0. The summed E-state index contributed by atoms with van der Waals surface area (Å²) in [5.74, 6) is 0.757. The topological polar surface area (TPSA) is 49.4 Å². The second-order valence-corrected chi connectivity index (χ2v) is 8.86. The van der Waals surface area contributed by atoms with Crippen LogP contribution in [0.3, 0.4) is 0 Å². The first-order valence-corrected chi connectivity index (χ1v) is 10.7. The molecule has 2 heterocycles. The third-order valence-electron chi connectivity index (χ3n) is 6.83. The van der Waals surface area contributed by atoms with Crippen LogP contribution in [0, 0.1) is 25.7 Å². The minimum absolute atomic E-state index is 0.126. The highest BCUT2D eigenvalue weighted by Crippen LogP contribution is 2.32. The Bertz CT molecular complexity index is 736. The Labute approximate surface area is 162 Å². The molecule has 0 spiro atoms. The number of aryl methyl sites for hydroxylation is 2. The van der Waals surface area contributed by atoms with Gasteiger partial charge in [0.15, 0.2) is 0 Å². The summed E-state index contributed by atoms with van der Waals surface area (Å²) in [6, 6.07) is 4.29. The number of carbonyl (C=O) groups excluding carboxylic acids is 2. The molecule has 1 aliphatic carbocycles. The molecule has 1 N–H and O–H groups in total. The number of nitrogens with zero attached hydrogens (tertiary/aromatic N) is 1. The number of hydrogen-bond donors (Lipinski definition) is 1. The van der Waals surface area contributed by atoms with Crippen LogP contribution in [0.1, 0.15) is 54.4 Å². The predicted molar refractivity (Wildman–Crippen MR) is 107 cm³/mol. The highest BCUT2D eigenvalue weighted by molar-refractivity contribution is 5.92. The molecule has 27 heavy (non-hydrogen) atoms. The van der Waals surface area contributed by atoms with Crippen LogP contribution >= 0.6 is 0 Å². The fourth-order valence-corrected chi connectivity index (χ4v) is 5.44. The molecule has 1 aromatic rings. The standard InChI is InChI=1S/C23H32N2O2/c1-15-11-16(2)19-6-5-17(13-18(19)12-15)14-21(26)20-7-8-24-22(20)23(27)25-9-3-4-10-25/h11-12,17,20,22,24H,3-10,13-14H2,1-2H3/t17?,20?,22-/m1/s1. The van der Waals surface area contributed by atoms with Crippen LogP contribution < -0.4 is 5.32 Å². The van der Waals surface area contributed by atoms with Crippen LogP contribution in [-0.2, 0) is 22.4 Å². The van der Waals surface area contributed by atoms with Gasteiger partial charge in [-0.25, -0.2) is 0 Å². The van der Waals surface area contributed by atoms with E-state index >= 15 is 0 Å². The van der Waals surface area contributed by atoms with Gasteiger partial charge in [-0.1, -0.05) is 17.7 Å². The largest absolute Gasteiger partial charge is 0.341 e. The summed E-state index contributed by atoms with van der Waals surface area (Å²) in [5.41, 5.74) is 5.64. The Morgan fingerprint density at radius 3 is 2.70 bits per heavy atom. The molecule has 0 aromatic heterocycles. The van der Waals surface area contributed by atoms with Crippen molar-refractivity contribution in [3.8, 4) is 0 Å². The molecule has 0 saturated carbocycles. The first-order valence-electron chi connectivity index (χ1n) is 10.7. The average molecular weight is 369 g/mol. The highest BCUT2D eigenvalue weighted by atomic mass is 16.2. The second-order valence-electron chi connectivity index (χ2n) is 8.86. The van der Waals surface area contributed by atoms with Gasteiger partial charge in [-0.05, 0) is 81.5 Å². The number of ketones is 1. The van der Waals surface area contributed by atoms with Crippen molar-refractivity contribution in [1.82, 2.24) is 10.2 Å². The van der Waals surface area contributed by atoms with Crippen molar-refractivity contribution in [2.45, 2.75) is 64.8 Å². The Kier molecular flexibility index (Phi) is 5.36. The molecule has 2 fully saturated rings. The summed E-state index contributed by atoms with van der Waals surface area (Å²) in [4.78, 5) is 27.8. The molecular weight excluding hydrogens is 336 g/mol. The van der Waals surface area contributed by atoms with Crippen molar-refractivity contribution in [1.29, 1.82) is 0 Å². The first-order chi connectivity index (χ1) is 13.0. The zero-order chi connectivity index (χ0) is 19.0. The summed E-state index contributed by atoms with van der Waals surface area (Å²) in [6.45, 7) is 6.86. The monoisotopic (exact) mass is 368 g/mol. The lowest BCUT2D eigenvalue weighted by atomic mass is 9.77. The minimum Gasteiger partial charge on any atom is -0.341 e. The molecule has 3 aliphatic rings. The van der Waals surface area contributed by atoms with E-state index in [2.05, 4.69) is 31.3 Å². The van der Waals surface area contributed by atoms with Gasteiger partial charge >= 0.3 is 0 Å². The molecule has 1 aromatic carbocycles. The number of amides is 1. The van der Waals surface area contributed by atoms with E-state index in [0.29, 0.717) is 18.1 Å². The SMILES string of the molecule is Cc1cc(C)c2c(c1)CC(CC(=O)C1CCN[C@H]1C(=O)N1CCCC1)CC2. The van der Waals surface area contributed by atoms with Crippen molar-refractivity contribution in [2.75, 3.05) is 19.6 Å². The molecular formula is C23H32N2O2. The Balaban J connectivity index is 1.40. The molecule has 2 saturated heterocycles. The minimum atomic E-state index is -0.282. The lowest BCUT2D eigenvalue weighted by Gasteiger charge is -2.28. The maximum atomic E-state index is 13.1. The predicted octanol–water partition coefficient (Wildman–Crippen LogP) is 2.97. The van der Waals surface area contributed by atoms with Gasteiger partial charge in [0.1, 0.15) is 5.78 Å². The van der Waals surface area contributed by atoms with E-state index in [9.17, 15) is 9.59 Å². The molecule has 1 amide bonds.